The molecular weight excluding hydrogens is 272 g/mol. The van der Waals surface area contributed by atoms with Crippen molar-refractivity contribution in [2.24, 2.45) is 5.73 Å². The number of nitrogens with one attached hydrogen (secondary N) is 1. The molecule has 3 nitrogen and oxygen atoms in total. The Morgan fingerprint density at radius 3 is 2.55 bits per heavy atom. The number of carbonyl (C=O) groups is 1. The molecule has 1 atom stereocenters. The highest BCUT2D eigenvalue weighted by Crippen LogP contribution is 2.42. The van der Waals surface area contributed by atoms with E-state index >= 15 is 0 Å². The molecule has 1 aliphatic rings. The van der Waals surface area contributed by atoms with Crippen molar-refractivity contribution in [1.29, 1.82) is 0 Å². The van der Waals surface area contributed by atoms with E-state index in [1.807, 2.05) is 32.0 Å². The summed E-state index contributed by atoms with van der Waals surface area (Å²) in [6.07, 6.45) is 0.757. The molecule has 0 bridgehead atoms. The number of nitrogens with two attached hydrogens (primary N) is 1. The van der Waals surface area contributed by atoms with Crippen LogP contribution in [0.25, 0.3) is 0 Å². The third kappa shape index (κ3) is 2.42. The van der Waals surface area contributed by atoms with Crippen LogP contribution in [-0.4, -0.2) is 5.91 Å². The smallest absolute Gasteiger partial charge is 0.234 e. The van der Waals surface area contributed by atoms with Crippen molar-refractivity contribution in [1.82, 2.24) is 0 Å². The van der Waals surface area contributed by atoms with E-state index in [0.29, 0.717) is 0 Å². The highest BCUT2D eigenvalue weighted by molar-refractivity contribution is 6.06. The zero-order chi connectivity index (χ0) is 15.9. The summed E-state index contributed by atoms with van der Waals surface area (Å²) in [5, 5.41) is 3.03. The van der Waals surface area contributed by atoms with Crippen molar-refractivity contribution in [2.45, 2.75) is 38.6 Å². The van der Waals surface area contributed by atoms with Gasteiger partial charge in [-0.3, -0.25) is 4.79 Å². The van der Waals surface area contributed by atoms with Gasteiger partial charge in [-0.05, 0) is 43.9 Å². The number of aryl methyl sites for hydroxylation is 1. The molecule has 1 unspecified atom stereocenters. The molecule has 0 fully saturated rings. The summed E-state index contributed by atoms with van der Waals surface area (Å²) in [5.41, 5.74) is 11.3. The minimum absolute atomic E-state index is 0.0428. The minimum atomic E-state index is -0.497. The van der Waals surface area contributed by atoms with Gasteiger partial charge in [0.25, 0.3) is 0 Å². The van der Waals surface area contributed by atoms with Crippen LogP contribution >= 0.6 is 0 Å². The molecule has 0 aromatic heterocycles. The molecule has 114 valence electrons. The first-order valence-electron chi connectivity index (χ1n) is 7.65. The Morgan fingerprint density at radius 2 is 1.86 bits per heavy atom. The molecule has 2 aromatic rings. The lowest BCUT2D eigenvalue weighted by molar-refractivity contribution is -0.119. The van der Waals surface area contributed by atoms with Crippen LogP contribution in [0.15, 0.2) is 42.5 Å². The quantitative estimate of drug-likeness (QED) is 0.910. The summed E-state index contributed by atoms with van der Waals surface area (Å²) >= 11 is 0. The molecule has 0 saturated carbocycles. The average Bonchev–Trinajstić information content (AvgIpc) is 2.70. The zero-order valence-electron chi connectivity index (χ0n) is 13.3. The lowest BCUT2D eigenvalue weighted by atomic mass is 9.83. The predicted octanol–water partition coefficient (Wildman–Crippen LogP) is 3.47. The molecule has 1 amide bonds. The number of anilines is 1. The highest BCUT2D eigenvalue weighted by atomic mass is 16.2. The topological polar surface area (TPSA) is 55.1 Å². The lowest BCUT2D eigenvalue weighted by Crippen LogP contribution is -2.26. The molecule has 3 heteroatoms. The largest absolute Gasteiger partial charge is 0.325 e. The van der Waals surface area contributed by atoms with Crippen LogP contribution in [0.4, 0.5) is 5.69 Å². The van der Waals surface area contributed by atoms with Crippen molar-refractivity contribution >= 4 is 11.6 Å². The monoisotopic (exact) mass is 294 g/mol. The Kier molecular flexibility index (Phi) is 3.53. The molecule has 3 rings (SSSR count). The van der Waals surface area contributed by atoms with Gasteiger partial charge in [-0.15, -0.1) is 0 Å². The molecule has 2 aromatic carbocycles. The second-order valence-electron chi connectivity index (χ2n) is 6.65. The first-order chi connectivity index (χ1) is 10.4. The second-order valence-corrected chi connectivity index (χ2v) is 6.65. The molecule has 0 aliphatic carbocycles. The Hall–Kier alpha value is -2.13. The molecule has 3 N–H and O–H groups in total. The molecule has 1 aliphatic heterocycles. The number of amides is 1. The van der Waals surface area contributed by atoms with E-state index < -0.39 is 5.41 Å². The molecule has 1 heterocycles. The predicted molar refractivity (Wildman–Crippen MR) is 89.9 cm³/mol. The minimum Gasteiger partial charge on any atom is -0.325 e. The van der Waals surface area contributed by atoms with Crippen molar-refractivity contribution < 1.29 is 4.79 Å². The highest BCUT2D eigenvalue weighted by Gasteiger charge is 2.40. The summed E-state index contributed by atoms with van der Waals surface area (Å²) in [7, 11) is 0. The van der Waals surface area contributed by atoms with Crippen LogP contribution in [-0.2, 0) is 16.6 Å². The van der Waals surface area contributed by atoms with Crippen LogP contribution in [0.2, 0.25) is 0 Å². The van der Waals surface area contributed by atoms with Crippen LogP contribution in [0, 0.1) is 6.92 Å². The maximum Gasteiger partial charge on any atom is 0.234 e. The maximum atomic E-state index is 12.2. The Labute approximate surface area is 131 Å². The van der Waals surface area contributed by atoms with Gasteiger partial charge >= 0.3 is 0 Å². The Morgan fingerprint density at radius 1 is 1.18 bits per heavy atom. The van der Waals surface area contributed by atoms with E-state index in [2.05, 4.69) is 36.5 Å². The van der Waals surface area contributed by atoms with Crippen molar-refractivity contribution in [2.75, 3.05) is 5.32 Å². The first-order valence-corrected chi connectivity index (χ1v) is 7.65. The zero-order valence-corrected chi connectivity index (χ0v) is 13.3. The number of carbonyl (C=O) groups excluding carboxylic acids is 1. The number of hydrogen-bond donors (Lipinski definition) is 2. The van der Waals surface area contributed by atoms with E-state index in [0.717, 1.165) is 28.8 Å². The van der Waals surface area contributed by atoms with Crippen LogP contribution in [0.3, 0.4) is 0 Å². The summed E-state index contributed by atoms with van der Waals surface area (Å²) in [5.74, 6) is 0.0428. The van der Waals surface area contributed by atoms with Gasteiger partial charge in [0.1, 0.15) is 0 Å². The van der Waals surface area contributed by atoms with E-state index in [9.17, 15) is 4.79 Å². The average molecular weight is 294 g/mol. The van der Waals surface area contributed by atoms with Gasteiger partial charge < -0.3 is 11.1 Å². The summed E-state index contributed by atoms with van der Waals surface area (Å²) in [4.78, 5) is 12.2. The van der Waals surface area contributed by atoms with E-state index in [4.69, 9.17) is 5.73 Å². The van der Waals surface area contributed by atoms with Crippen LogP contribution < -0.4 is 11.1 Å². The van der Waals surface area contributed by atoms with Gasteiger partial charge in [0.05, 0.1) is 5.41 Å². The van der Waals surface area contributed by atoms with Crippen molar-refractivity contribution in [3.05, 3.63) is 64.7 Å². The van der Waals surface area contributed by atoms with E-state index in [1.165, 1.54) is 5.56 Å². The third-order valence-corrected chi connectivity index (χ3v) is 4.49. The van der Waals surface area contributed by atoms with E-state index in [1.54, 1.807) is 0 Å². The normalized spacial score (nSPS) is 17.0. The lowest BCUT2D eigenvalue weighted by Gasteiger charge is -2.19. The van der Waals surface area contributed by atoms with Gasteiger partial charge in [0, 0.05) is 11.7 Å². The van der Waals surface area contributed by atoms with Crippen molar-refractivity contribution in [3.63, 3.8) is 0 Å². The maximum absolute atomic E-state index is 12.2. The molecule has 0 radical (unpaired) electrons. The summed E-state index contributed by atoms with van der Waals surface area (Å²) in [6, 6.07) is 14.3. The van der Waals surface area contributed by atoms with Gasteiger partial charge in [0.15, 0.2) is 0 Å². The summed E-state index contributed by atoms with van der Waals surface area (Å²) in [6.45, 7) is 5.97. The fraction of sp³-hybridized carbons (Fsp3) is 0.316. The standard InChI is InChI=1S/C19H22N2O/c1-12-9-14(16(20)11-13-7-5-4-6-8-13)17-15(10-12)19(2,3)18(22)21-17/h4-10,16H,11,20H2,1-3H3,(H,21,22). The fourth-order valence-corrected chi connectivity index (χ4v) is 3.11. The number of hydrogen-bond acceptors (Lipinski definition) is 2. The van der Waals surface area contributed by atoms with Gasteiger partial charge in [-0.2, -0.15) is 0 Å². The Bertz CT molecular complexity index is 720. The van der Waals surface area contributed by atoms with Crippen LogP contribution in [0.5, 0.6) is 0 Å². The van der Waals surface area contributed by atoms with E-state index in [-0.39, 0.29) is 11.9 Å². The van der Waals surface area contributed by atoms with Gasteiger partial charge in [-0.1, -0.05) is 48.0 Å². The van der Waals surface area contributed by atoms with Gasteiger partial charge in [0.2, 0.25) is 5.91 Å². The number of rotatable bonds is 3. The molecule has 0 spiro atoms. The fourth-order valence-electron chi connectivity index (χ4n) is 3.11. The van der Waals surface area contributed by atoms with Crippen molar-refractivity contribution in [3.8, 4) is 0 Å². The summed E-state index contributed by atoms with van der Waals surface area (Å²) < 4.78 is 0. The second kappa shape index (κ2) is 5.25. The Balaban J connectivity index is 2.00. The molecule has 22 heavy (non-hydrogen) atoms. The molecule has 0 saturated heterocycles. The van der Waals surface area contributed by atoms with Crippen LogP contribution in [0.1, 0.15) is 42.1 Å². The van der Waals surface area contributed by atoms with Gasteiger partial charge in [-0.25, -0.2) is 0 Å². The SMILES string of the molecule is Cc1cc(C(N)Cc2ccccc2)c2c(c1)C(C)(C)C(=O)N2. The first kappa shape index (κ1) is 14.8. The molecular formula is C19H22N2O. The number of benzene rings is 2. The third-order valence-electron chi connectivity index (χ3n) is 4.49. The number of fused-ring (bicyclic) bond motifs is 1.